The Morgan fingerprint density at radius 3 is 2.41 bits per heavy atom. The van der Waals surface area contributed by atoms with Crippen molar-refractivity contribution in [3.63, 3.8) is 0 Å². The summed E-state index contributed by atoms with van der Waals surface area (Å²) in [6.45, 7) is 13.1. The Kier molecular flexibility index (Phi) is 7.14. The molecule has 0 aromatic carbocycles. The molecular weight excluding hydrogens is 208 g/mol. The third-order valence-electron chi connectivity index (χ3n) is 4.52. The van der Waals surface area contributed by atoms with Crippen LogP contribution in [0.1, 0.15) is 59.8 Å². The first kappa shape index (κ1) is 15.0. The largest absolute Gasteiger partial charge is 0.311 e. The average Bonchev–Trinajstić information content (AvgIpc) is 2.56. The lowest BCUT2D eigenvalue weighted by molar-refractivity contribution is 0.284. The fourth-order valence-electron chi connectivity index (χ4n) is 3.14. The molecule has 1 aliphatic rings. The Morgan fingerprint density at radius 1 is 1.12 bits per heavy atom. The maximum absolute atomic E-state index is 3.88. The second-order valence-electron chi connectivity index (χ2n) is 5.59. The molecule has 2 heteroatoms. The van der Waals surface area contributed by atoms with Gasteiger partial charge in [0.1, 0.15) is 0 Å². The highest BCUT2D eigenvalue weighted by atomic mass is 15.1. The van der Waals surface area contributed by atoms with Crippen molar-refractivity contribution in [2.45, 2.75) is 71.9 Å². The first-order valence-corrected chi connectivity index (χ1v) is 7.69. The fraction of sp³-hybridized carbons (Fsp3) is 1.00. The zero-order valence-corrected chi connectivity index (χ0v) is 12.3. The van der Waals surface area contributed by atoms with Gasteiger partial charge in [-0.3, -0.25) is 0 Å². The summed E-state index contributed by atoms with van der Waals surface area (Å²) in [5.74, 6) is 0.848. The Labute approximate surface area is 108 Å². The molecule has 2 nitrogen and oxygen atoms in total. The molecule has 1 aliphatic heterocycles. The van der Waals surface area contributed by atoms with E-state index in [0.29, 0.717) is 6.04 Å². The third kappa shape index (κ3) is 4.97. The predicted octanol–water partition coefficient (Wildman–Crippen LogP) is 3.28. The molecule has 1 N–H and O–H groups in total. The van der Waals surface area contributed by atoms with E-state index < -0.39 is 0 Å². The number of nitrogens with zero attached hydrogens (tertiary/aromatic N) is 1. The molecule has 0 saturated carbocycles. The van der Waals surface area contributed by atoms with Crippen molar-refractivity contribution >= 4 is 0 Å². The van der Waals surface area contributed by atoms with Crippen LogP contribution in [0.3, 0.4) is 0 Å². The molecule has 2 atom stereocenters. The molecule has 0 aliphatic carbocycles. The van der Waals surface area contributed by atoms with Gasteiger partial charge in [-0.1, -0.05) is 33.6 Å². The van der Waals surface area contributed by atoms with Gasteiger partial charge in [-0.25, -0.2) is 0 Å². The number of hydrogen-bond donors (Lipinski definition) is 1. The van der Waals surface area contributed by atoms with Gasteiger partial charge in [0.15, 0.2) is 0 Å². The molecule has 0 spiro atoms. The van der Waals surface area contributed by atoms with E-state index in [0.717, 1.165) is 12.0 Å². The summed E-state index contributed by atoms with van der Waals surface area (Å²) in [5, 5.41) is 3.88. The molecule has 0 aromatic heterocycles. The molecule has 1 saturated heterocycles. The second-order valence-corrected chi connectivity index (χ2v) is 5.59. The number of hydrogen-bond acceptors (Lipinski definition) is 2. The van der Waals surface area contributed by atoms with Gasteiger partial charge >= 0.3 is 0 Å². The molecule has 17 heavy (non-hydrogen) atoms. The van der Waals surface area contributed by atoms with Crippen LogP contribution in [0.5, 0.6) is 0 Å². The highest BCUT2D eigenvalue weighted by molar-refractivity contribution is 4.79. The second kappa shape index (κ2) is 8.10. The highest BCUT2D eigenvalue weighted by Crippen LogP contribution is 2.17. The number of likely N-dealkylation sites (tertiary alicyclic amines) is 1. The van der Waals surface area contributed by atoms with E-state index in [-0.39, 0.29) is 0 Å². The molecule has 0 aromatic rings. The van der Waals surface area contributed by atoms with Crippen molar-refractivity contribution in [1.82, 2.24) is 10.2 Å². The van der Waals surface area contributed by atoms with Crippen LogP contribution >= 0.6 is 0 Å². The maximum atomic E-state index is 3.88. The lowest BCUT2D eigenvalue weighted by Crippen LogP contribution is -2.41. The standard InChI is InChI=1S/C15H32N2/c1-5-14(6-2)13(4)16-15-9-8-11-17(7-3)12-10-15/h13-16H,5-12H2,1-4H3. The molecule has 1 rings (SSSR count). The lowest BCUT2D eigenvalue weighted by atomic mass is 9.94. The minimum absolute atomic E-state index is 0.683. The van der Waals surface area contributed by atoms with Crippen molar-refractivity contribution in [1.29, 1.82) is 0 Å². The van der Waals surface area contributed by atoms with E-state index in [1.165, 1.54) is 51.7 Å². The molecule has 0 amide bonds. The van der Waals surface area contributed by atoms with Crippen LogP contribution in [0.25, 0.3) is 0 Å². The quantitative estimate of drug-likeness (QED) is 0.766. The fourth-order valence-corrected chi connectivity index (χ4v) is 3.14. The van der Waals surface area contributed by atoms with E-state index >= 15 is 0 Å². The molecule has 0 bridgehead atoms. The minimum Gasteiger partial charge on any atom is -0.311 e. The zero-order valence-electron chi connectivity index (χ0n) is 12.3. The first-order chi connectivity index (χ1) is 8.21. The third-order valence-corrected chi connectivity index (χ3v) is 4.52. The smallest absolute Gasteiger partial charge is 0.00823 e. The van der Waals surface area contributed by atoms with Gasteiger partial charge in [-0.15, -0.1) is 0 Å². The van der Waals surface area contributed by atoms with Crippen molar-refractivity contribution < 1.29 is 0 Å². The highest BCUT2D eigenvalue weighted by Gasteiger charge is 2.20. The van der Waals surface area contributed by atoms with Gasteiger partial charge in [-0.05, 0) is 51.7 Å². The van der Waals surface area contributed by atoms with Gasteiger partial charge < -0.3 is 10.2 Å². The van der Waals surface area contributed by atoms with Crippen LogP contribution in [0.4, 0.5) is 0 Å². The topological polar surface area (TPSA) is 15.3 Å². The Hall–Kier alpha value is -0.0800. The normalized spacial score (nSPS) is 24.9. The van der Waals surface area contributed by atoms with Crippen molar-refractivity contribution in [2.24, 2.45) is 5.92 Å². The van der Waals surface area contributed by atoms with E-state index in [1.807, 2.05) is 0 Å². The van der Waals surface area contributed by atoms with Crippen molar-refractivity contribution in [2.75, 3.05) is 19.6 Å². The Morgan fingerprint density at radius 2 is 1.82 bits per heavy atom. The zero-order chi connectivity index (χ0) is 12.7. The molecule has 2 unspecified atom stereocenters. The van der Waals surface area contributed by atoms with Crippen LogP contribution in [-0.2, 0) is 0 Å². The summed E-state index contributed by atoms with van der Waals surface area (Å²) >= 11 is 0. The molecule has 0 radical (unpaired) electrons. The predicted molar refractivity (Wildman–Crippen MR) is 76.4 cm³/mol. The van der Waals surface area contributed by atoms with Crippen LogP contribution in [0.15, 0.2) is 0 Å². The first-order valence-electron chi connectivity index (χ1n) is 7.69. The van der Waals surface area contributed by atoms with E-state index in [2.05, 4.69) is 37.9 Å². The summed E-state index contributed by atoms with van der Waals surface area (Å²) in [5.41, 5.74) is 0. The van der Waals surface area contributed by atoms with E-state index in [9.17, 15) is 0 Å². The molecule has 1 heterocycles. The summed E-state index contributed by atoms with van der Waals surface area (Å²) in [6, 6.07) is 1.44. The summed E-state index contributed by atoms with van der Waals surface area (Å²) in [7, 11) is 0. The molecular formula is C15H32N2. The SMILES string of the molecule is CCC(CC)C(C)NC1CCCN(CC)CC1. The average molecular weight is 240 g/mol. The molecule has 1 fully saturated rings. The monoisotopic (exact) mass is 240 g/mol. The van der Waals surface area contributed by atoms with Gasteiger partial charge in [0.25, 0.3) is 0 Å². The summed E-state index contributed by atoms with van der Waals surface area (Å²) < 4.78 is 0. The van der Waals surface area contributed by atoms with Gasteiger partial charge in [-0.2, -0.15) is 0 Å². The minimum atomic E-state index is 0.683. The van der Waals surface area contributed by atoms with Gasteiger partial charge in [0.05, 0.1) is 0 Å². The van der Waals surface area contributed by atoms with Crippen LogP contribution in [0.2, 0.25) is 0 Å². The van der Waals surface area contributed by atoms with Crippen LogP contribution < -0.4 is 5.32 Å². The maximum Gasteiger partial charge on any atom is 0.00823 e. The van der Waals surface area contributed by atoms with E-state index in [4.69, 9.17) is 0 Å². The lowest BCUT2D eigenvalue weighted by Gasteiger charge is -2.28. The Balaban J connectivity index is 2.35. The summed E-state index contributed by atoms with van der Waals surface area (Å²) in [6.07, 6.45) is 6.66. The van der Waals surface area contributed by atoms with Crippen LogP contribution in [0, 0.1) is 5.92 Å². The number of rotatable bonds is 6. The van der Waals surface area contributed by atoms with E-state index in [1.54, 1.807) is 0 Å². The summed E-state index contributed by atoms with van der Waals surface area (Å²) in [4.78, 5) is 2.59. The number of nitrogens with one attached hydrogen (secondary N) is 1. The van der Waals surface area contributed by atoms with Gasteiger partial charge in [0.2, 0.25) is 0 Å². The van der Waals surface area contributed by atoms with Crippen LogP contribution in [-0.4, -0.2) is 36.6 Å². The van der Waals surface area contributed by atoms with Gasteiger partial charge in [0, 0.05) is 12.1 Å². The van der Waals surface area contributed by atoms with Crippen molar-refractivity contribution in [3.05, 3.63) is 0 Å². The Bertz CT molecular complexity index is 189. The molecule has 102 valence electrons. The van der Waals surface area contributed by atoms with Crippen molar-refractivity contribution in [3.8, 4) is 0 Å².